The van der Waals surface area contributed by atoms with E-state index in [1.54, 1.807) is 0 Å². The van der Waals surface area contributed by atoms with Gasteiger partial charge in [0.15, 0.2) is 5.58 Å². The Morgan fingerprint density at radius 2 is 1.80 bits per heavy atom. The first kappa shape index (κ1) is 12.9. The van der Waals surface area contributed by atoms with E-state index in [9.17, 15) is 0 Å². The molecule has 1 aromatic heterocycles. The van der Waals surface area contributed by atoms with Crippen LogP contribution in [0.2, 0.25) is 0 Å². The summed E-state index contributed by atoms with van der Waals surface area (Å²) in [6, 6.07) is 14.5. The third-order valence-electron chi connectivity index (χ3n) is 3.52. The van der Waals surface area contributed by atoms with Crippen LogP contribution in [0.15, 0.2) is 46.9 Å². The number of aryl methyl sites for hydroxylation is 1. The van der Waals surface area contributed by atoms with Gasteiger partial charge in [0, 0.05) is 5.56 Å². The van der Waals surface area contributed by atoms with Crippen LogP contribution in [0.25, 0.3) is 22.6 Å². The van der Waals surface area contributed by atoms with Crippen LogP contribution >= 0.6 is 0 Å². The van der Waals surface area contributed by atoms with Crippen LogP contribution in [0, 0.1) is 6.92 Å². The largest absolute Gasteiger partial charge is 0.436 e. The Morgan fingerprint density at radius 3 is 2.50 bits per heavy atom. The molecule has 3 aromatic rings. The summed E-state index contributed by atoms with van der Waals surface area (Å²) in [5.41, 5.74) is 5.40. The predicted molar refractivity (Wildman–Crippen MR) is 82.9 cm³/mol. The second-order valence-corrected chi connectivity index (χ2v) is 6.32. The third-order valence-corrected chi connectivity index (χ3v) is 3.52. The van der Waals surface area contributed by atoms with Crippen LogP contribution in [0.5, 0.6) is 0 Å². The van der Waals surface area contributed by atoms with Crippen molar-refractivity contribution in [2.24, 2.45) is 0 Å². The van der Waals surface area contributed by atoms with Crippen molar-refractivity contribution < 1.29 is 4.42 Å². The monoisotopic (exact) mass is 265 g/mol. The van der Waals surface area contributed by atoms with Gasteiger partial charge in [0.25, 0.3) is 0 Å². The van der Waals surface area contributed by atoms with E-state index in [1.165, 1.54) is 11.1 Å². The number of benzene rings is 2. The van der Waals surface area contributed by atoms with Gasteiger partial charge in [-0.15, -0.1) is 0 Å². The van der Waals surface area contributed by atoms with Crippen LogP contribution in [-0.2, 0) is 5.41 Å². The van der Waals surface area contributed by atoms with Crippen molar-refractivity contribution >= 4 is 11.1 Å². The molecule has 0 unspecified atom stereocenters. The number of oxazole rings is 1. The van der Waals surface area contributed by atoms with Gasteiger partial charge in [-0.2, -0.15) is 0 Å². The molecule has 0 bridgehead atoms. The van der Waals surface area contributed by atoms with E-state index in [0.29, 0.717) is 5.89 Å². The summed E-state index contributed by atoms with van der Waals surface area (Å²) in [5, 5.41) is 0. The highest BCUT2D eigenvalue weighted by Gasteiger charge is 2.16. The van der Waals surface area contributed by atoms with Crippen LogP contribution in [0.3, 0.4) is 0 Å². The molecular formula is C18H19NO. The zero-order valence-corrected chi connectivity index (χ0v) is 12.4. The van der Waals surface area contributed by atoms with Gasteiger partial charge >= 0.3 is 0 Å². The van der Waals surface area contributed by atoms with Crippen molar-refractivity contribution in [3.8, 4) is 11.5 Å². The van der Waals surface area contributed by atoms with Crippen molar-refractivity contribution in [1.82, 2.24) is 4.98 Å². The Balaban J connectivity index is 2.11. The second kappa shape index (κ2) is 4.48. The summed E-state index contributed by atoms with van der Waals surface area (Å²) < 4.78 is 5.87. The number of rotatable bonds is 1. The molecule has 0 amide bonds. The molecule has 3 rings (SSSR count). The molecule has 0 aliphatic rings. The van der Waals surface area contributed by atoms with E-state index in [0.717, 1.165) is 16.7 Å². The lowest BCUT2D eigenvalue weighted by atomic mass is 9.87. The SMILES string of the molecule is Cc1cccc(-c2nc3cc(C(C)(C)C)ccc3o2)c1. The van der Waals surface area contributed by atoms with E-state index in [4.69, 9.17) is 4.42 Å². The van der Waals surface area contributed by atoms with Gasteiger partial charge in [-0.25, -0.2) is 4.98 Å². The van der Waals surface area contributed by atoms with Gasteiger partial charge in [-0.1, -0.05) is 44.5 Å². The minimum Gasteiger partial charge on any atom is -0.436 e. The number of hydrogen-bond acceptors (Lipinski definition) is 2. The zero-order valence-electron chi connectivity index (χ0n) is 12.4. The molecule has 0 fully saturated rings. The van der Waals surface area contributed by atoms with Gasteiger partial charge in [0.1, 0.15) is 5.52 Å². The molecule has 0 radical (unpaired) electrons. The average Bonchev–Trinajstić information content (AvgIpc) is 2.80. The quantitative estimate of drug-likeness (QED) is 0.611. The van der Waals surface area contributed by atoms with Gasteiger partial charge in [0.05, 0.1) is 0 Å². The van der Waals surface area contributed by atoms with E-state index >= 15 is 0 Å². The predicted octanol–water partition coefficient (Wildman–Crippen LogP) is 5.10. The van der Waals surface area contributed by atoms with Crippen molar-refractivity contribution in [2.75, 3.05) is 0 Å². The maximum atomic E-state index is 5.87. The summed E-state index contributed by atoms with van der Waals surface area (Å²) in [4.78, 5) is 4.63. The molecule has 0 N–H and O–H groups in total. The van der Waals surface area contributed by atoms with Crippen LogP contribution in [0.1, 0.15) is 31.9 Å². The van der Waals surface area contributed by atoms with Gasteiger partial charge in [0.2, 0.25) is 5.89 Å². The van der Waals surface area contributed by atoms with E-state index < -0.39 is 0 Å². The maximum Gasteiger partial charge on any atom is 0.227 e. The molecule has 2 nitrogen and oxygen atoms in total. The third kappa shape index (κ3) is 2.34. The van der Waals surface area contributed by atoms with E-state index in [2.05, 4.69) is 56.9 Å². The number of hydrogen-bond donors (Lipinski definition) is 0. The Labute approximate surface area is 119 Å². The molecule has 1 heterocycles. The van der Waals surface area contributed by atoms with Crippen LogP contribution < -0.4 is 0 Å². The fourth-order valence-corrected chi connectivity index (χ4v) is 2.30. The Bertz CT molecular complexity index is 762. The first-order valence-electron chi connectivity index (χ1n) is 6.91. The lowest BCUT2D eigenvalue weighted by molar-refractivity contribution is 0.590. The van der Waals surface area contributed by atoms with Gasteiger partial charge in [-0.3, -0.25) is 0 Å². The second-order valence-electron chi connectivity index (χ2n) is 6.32. The number of nitrogens with zero attached hydrogens (tertiary/aromatic N) is 1. The topological polar surface area (TPSA) is 26.0 Å². The van der Waals surface area contributed by atoms with Crippen molar-refractivity contribution in [3.63, 3.8) is 0 Å². The highest BCUT2D eigenvalue weighted by atomic mass is 16.3. The van der Waals surface area contributed by atoms with E-state index in [1.807, 2.05) is 18.2 Å². The summed E-state index contributed by atoms with van der Waals surface area (Å²) in [7, 11) is 0. The Kier molecular flexibility index (Phi) is 2.89. The average molecular weight is 265 g/mol. The van der Waals surface area contributed by atoms with Crippen molar-refractivity contribution in [1.29, 1.82) is 0 Å². The molecule has 0 atom stereocenters. The van der Waals surface area contributed by atoms with Crippen molar-refractivity contribution in [2.45, 2.75) is 33.1 Å². The molecular weight excluding hydrogens is 246 g/mol. The Morgan fingerprint density at radius 1 is 1.00 bits per heavy atom. The normalized spacial score (nSPS) is 12.0. The standard InChI is InChI=1S/C18H19NO/c1-12-6-5-7-13(10-12)17-19-15-11-14(18(2,3)4)8-9-16(15)20-17/h5-11H,1-4H3. The fourth-order valence-electron chi connectivity index (χ4n) is 2.30. The highest BCUT2D eigenvalue weighted by molar-refractivity contribution is 5.77. The van der Waals surface area contributed by atoms with E-state index in [-0.39, 0.29) is 5.41 Å². The summed E-state index contributed by atoms with van der Waals surface area (Å²) in [6.45, 7) is 8.69. The smallest absolute Gasteiger partial charge is 0.227 e. The maximum absolute atomic E-state index is 5.87. The molecule has 2 aromatic carbocycles. The molecule has 0 aliphatic carbocycles. The van der Waals surface area contributed by atoms with Crippen LogP contribution in [0.4, 0.5) is 0 Å². The van der Waals surface area contributed by atoms with Gasteiger partial charge < -0.3 is 4.42 Å². The molecule has 2 heteroatoms. The molecule has 0 spiro atoms. The molecule has 0 saturated heterocycles. The van der Waals surface area contributed by atoms with Crippen LogP contribution in [-0.4, -0.2) is 4.98 Å². The van der Waals surface area contributed by atoms with Crippen molar-refractivity contribution in [3.05, 3.63) is 53.6 Å². The number of fused-ring (bicyclic) bond motifs is 1. The fraction of sp³-hybridized carbons (Fsp3) is 0.278. The lowest BCUT2D eigenvalue weighted by Crippen LogP contribution is -2.10. The lowest BCUT2D eigenvalue weighted by Gasteiger charge is -2.18. The first-order valence-corrected chi connectivity index (χ1v) is 6.91. The molecule has 0 aliphatic heterocycles. The molecule has 20 heavy (non-hydrogen) atoms. The first-order chi connectivity index (χ1) is 9.43. The minimum absolute atomic E-state index is 0.122. The number of aromatic nitrogens is 1. The Hall–Kier alpha value is -2.09. The summed E-state index contributed by atoms with van der Waals surface area (Å²) in [6.07, 6.45) is 0. The molecule has 0 saturated carbocycles. The zero-order chi connectivity index (χ0) is 14.3. The summed E-state index contributed by atoms with van der Waals surface area (Å²) in [5.74, 6) is 0.690. The minimum atomic E-state index is 0.122. The summed E-state index contributed by atoms with van der Waals surface area (Å²) >= 11 is 0. The molecule has 102 valence electrons. The van der Waals surface area contributed by atoms with Gasteiger partial charge in [-0.05, 0) is 42.2 Å². The highest BCUT2D eigenvalue weighted by Crippen LogP contribution is 2.29.